The van der Waals surface area contributed by atoms with Gasteiger partial charge in [-0.25, -0.2) is 0 Å². The highest BCUT2D eigenvalue weighted by atomic mass is 16.3. The molecule has 0 aromatic heterocycles. The summed E-state index contributed by atoms with van der Waals surface area (Å²) in [7, 11) is 0. The molecule has 3 aromatic rings. The van der Waals surface area contributed by atoms with Crippen LogP contribution in [0, 0.1) is 22.7 Å². The predicted molar refractivity (Wildman–Crippen MR) is 90.1 cm³/mol. The summed E-state index contributed by atoms with van der Waals surface area (Å²) in [5.74, 6) is -0.432. The molecule has 0 aliphatic heterocycles. The molecule has 0 bridgehead atoms. The number of phenolic OH excluding ortho intramolecular Hbond substituents is 2. The second-order valence-electron chi connectivity index (χ2n) is 5.26. The number of phenols is 2. The summed E-state index contributed by atoms with van der Waals surface area (Å²) in [5.41, 5.74) is 4.15. The number of hydrogen-bond donors (Lipinski definition) is 2. The largest absolute Gasteiger partial charge is 0.504 e. The van der Waals surface area contributed by atoms with Gasteiger partial charge in [-0.15, -0.1) is 0 Å². The molecule has 114 valence electrons. The lowest BCUT2D eigenvalue weighted by molar-refractivity contribution is 0.404. The van der Waals surface area contributed by atoms with Crippen molar-refractivity contribution in [2.75, 3.05) is 0 Å². The Morgan fingerprint density at radius 3 is 1.21 bits per heavy atom. The summed E-state index contributed by atoms with van der Waals surface area (Å²) in [6.07, 6.45) is 0. The van der Waals surface area contributed by atoms with Crippen LogP contribution in [-0.4, -0.2) is 10.2 Å². The maximum atomic E-state index is 9.87. The maximum Gasteiger partial charge on any atom is 0.158 e. The van der Waals surface area contributed by atoms with E-state index in [0.717, 1.165) is 22.3 Å². The van der Waals surface area contributed by atoms with Gasteiger partial charge in [0.05, 0.1) is 23.3 Å². The Bertz CT molecular complexity index is 894. The molecule has 0 atom stereocenters. The number of rotatable bonds is 2. The molecular weight excluding hydrogens is 300 g/mol. The fourth-order valence-electron chi connectivity index (χ4n) is 2.50. The van der Waals surface area contributed by atoms with Crippen LogP contribution in [0.25, 0.3) is 22.3 Å². The second-order valence-corrected chi connectivity index (χ2v) is 5.26. The van der Waals surface area contributed by atoms with E-state index < -0.39 is 0 Å². The van der Waals surface area contributed by atoms with Crippen molar-refractivity contribution in [3.8, 4) is 45.9 Å². The van der Waals surface area contributed by atoms with E-state index in [1.54, 1.807) is 48.5 Å². The summed E-state index contributed by atoms with van der Waals surface area (Å²) in [6.45, 7) is 0. The molecule has 0 amide bonds. The minimum atomic E-state index is -0.216. The van der Waals surface area contributed by atoms with Gasteiger partial charge < -0.3 is 10.2 Å². The minimum absolute atomic E-state index is 0.216. The van der Waals surface area contributed by atoms with Gasteiger partial charge in [0.15, 0.2) is 11.5 Å². The van der Waals surface area contributed by atoms with Crippen molar-refractivity contribution >= 4 is 0 Å². The molecule has 0 aliphatic carbocycles. The quantitative estimate of drug-likeness (QED) is 0.695. The summed E-state index contributed by atoms with van der Waals surface area (Å²) >= 11 is 0. The van der Waals surface area contributed by atoms with E-state index in [1.165, 1.54) is 12.1 Å². The van der Waals surface area contributed by atoms with Crippen LogP contribution >= 0.6 is 0 Å². The van der Waals surface area contributed by atoms with Crippen molar-refractivity contribution < 1.29 is 10.2 Å². The highest BCUT2D eigenvalue weighted by Crippen LogP contribution is 2.39. The molecule has 0 radical (unpaired) electrons. The Kier molecular flexibility index (Phi) is 3.89. The molecule has 0 unspecified atom stereocenters. The molecule has 0 saturated carbocycles. The monoisotopic (exact) mass is 312 g/mol. The Morgan fingerprint density at radius 1 is 0.583 bits per heavy atom. The number of nitriles is 2. The molecule has 0 fully saturated rings. The SMILES string of the molecule is N#Cc1ccc(-c2cc(O)c(O)cc2-c2ccc(C#N)cc2)cc1. The molecule has 3 aromatic carbocycles. The van der Waals surface area contributed by atoms with Crippen molar-refractivity contribution in [3.05, 3.63) is 71.8 Å². The van der Waals surface area contributed by atoms with Crippen LogP contribution in [0.15, 0.2) is 60.7 Å². The third-order valence-electron chi connectivity index (χ3n) is 3.76. The van der Waals surface area contributed by atoms with Crippen LogP contribution in [-0.2, 0) is 0 Å². The van der Waals surface area contributed by atoms with Gasteiger partial charge in [0.2, 0.25) is 0 Å². The normalized spacial score (nSPS) is 9.92. The smallest absolute Gasteiger partial charge is 0.158 e. The van der Waals surface area contributed by atoms with Gasteiger partial charge in [-0.2, -0.15) is 10.5 Å². The maximum absolute atomic E-state index is 9.87. The van der Waals surface area contributed by atoms with E-state index >= 15 is 0 Å². The first-order valence-corrected chi connectivity index (χ1v) is 7.19. The van der Waals surface area contributed by atoms with Crippen molar-refractivity contribution in [2.24, 2.45) is 0 Å². The summed E-state index contributed by atoms with van der Waals surface area (Å²) in [5, 5.41) is 37.6. The number of benzene rings is 3. The summed E-state index contributed by atoms with van der Waals surface area (Å²) < 4.78 is 0. The van der Waals surface area contributed by atoms with Crippen molar-refractivity contribution in [1.29, 1.82) is 10.5 Å². The van der Waals surface area contributed by atoms with E-state index in [-0.39, 0.29) is 11.5 Å². The molecular formula is C20H12N2O2. The molecule has 2 N–H and O–H groups in total. The van der Waals surface area contributed by atoms with Gasteiger partial charge in [0, 0.05) is 0 Å². The Hall–Kier alpha value is -3.76. The van der Waals surface area contributed by atoms with Crippen LogP contribution in [0.3, 0.4) is 0 Å². The van der Waals surface area contributed by atoms with Crippen molar-refractivity contribution in [1.82, 2.24) is 0 Å². The van der Waals surface area contributed by atoms with E-state index in [2.05, 4.69) is 12.1 Å². The lowest BCUT2D eigenvalue weighted by Crippen LogP contribution is -1.87. The highest BCUT2D eigenvalue weighted by molar-refractivity contribution is 5.86. The van der Waals surface area contributed by atoms with Crippen LogP contribution in [0.2, 0.25) is 0 Å². The second kappa shape index (κ2) is 6.16. The van der Waals surface area contributed by atoms with Crippen molar-refractivity contribution in [2.45, 2.75) is 0 Å². The Morgan fingerprint density at radius 2 is 0.917 bits per heavy atom. The first kappa shape index (κ1) is 15.1. The summed E-state index contributed by atoms with van der Waals surface area (Å²) in [4.78, 5) is 0. The Balaban J connectivity index is 2.19. The van der Waals surface area contributed by atoms with Gasteiger partial charge in [-0.1, -0.05) is 24.3 Å². The van der Waals surface area contributed by atoms with E-state index in [1.807, 2.05) is 0 Å². The molecule has 0 aliphatic rings. The van der Waals surface area contributed by atoms with Gasteiger partial charge in [0.25, 0.3) is 0 Å². The first-order chi connectivity index (χ1) is 11.6. The zero-order valence-corrected chi connectivity index (χ0v) is 12.6. The number of aromatic hydroxyl groups is 2. The number of hydrogen-bond acceptors (Lipinski definition) is 4. The molecule has 24 heavy (non-hydrogen) atoms. The molecule has 4 heteroatoms. The Labute approximate surface area is 139 Å². The topological polar surface area (TPSA) is 88.0 Å². The van der Waals surface area contributed by atoms with Crippen LogP contribution in [0.1, 0.15) is 11.1 Å². The third kappa shape index (κ3) is 2.77. The fraction of sp³-hybridized carbons (Fsp3) is 0. The van der Waals surface area contributed by atoms with E-state index in [0.29, 0.717) is 11.1 Å². The minimum Gasteiger partial charge on any atom is -0.504 e. The highest BCUT2D eigenvalue weighted by Gasteiger charge is 2.12. The predicted octanol–water partition coefficient (Wildman–Crippen LogP) is 4.18. The zero-order chi connectivity index (χ0) is 17.1. The zero-order valence-electron chi connectivity index (χ0n) is 12.6. The molecule has 0 saturated heterocycles. The van der Waals surface area contributed by atoms with Gasteiger partial charge in [-0.05, 0) is 58.7 Å². The summed E-state index contributed by atoms with van der Waals surface area (Å²) in [6, 6.07) is 21.1. The lowest BCUT2D eigenvalue weighted by Gasteiger charge is -2.12. The van der Waals surface area contributed by atoms with Crippen LogP contribution < -0.4 is 0 Å². The lowest BCUT2D eigenvalue weighted by atomic mass is 9.93. The molecule has 0 heterocycles. The standard InChI is InChI=1S/C20H12N2O2/c21-11-13-1-5-15(6-2-13)17-9-19(23)20(24)10-18(17)16-7-3-14(12-22)4-8-16/h1-10,23-24H. The van der Waals surface area contributed by atoms with Crippen LogP contribution in [0.5, 0.6) is 11.5 Å². The first-order valence-electron chi connectivity index (χ1n) is 7.19. The fourth-order valence-corrected chi connectivity index (χ4v) is 2.50. The van der Waals surface area contributed by atoms with E-state index in [9.17, 15) is 10.2 Å². The van der Waals surface area contributed by atoms with E-state index in [4.69, 9.17) is 10.5 Å². The van der Waals surface area contributed by atoms with Gasteiger partial charge in [-0.3, -0.25) is 0 Å². The number of nitrogens with zero attached hydrogens (tertiary/aromatic N) is 2. The van der Waals surface area contributed by atoms with Gasteiger partial charge >= 0.3 is 0 Å². The van der Waals surface area contributed by atoms with Crippen molar-refractivity contribution in [3.63, 3.8) is 0 Å². The average Bonchev–Trinajstić information content (AvgIpc) is 2.64. The van der Waals surface area contributed by atoms with Crippen LogP contribution in [0.4, 0.5) is 0 Å². The molecule has 0 spiro atoms. The molecule has 4 nitrogen and oxygen atoms in total. The molecule has 3 rings (SSSR count). The average molecular weight is 312 g/mol. The third-order valence-corrected chi connectivity index (χ3v) is 3.76. The van der Waals surface area contributed by atoms with Gasteiger partial charge in [0.1, 0.15) is 0 Å².